The fourth-order valence-electron chi connectivity index (χ4n) is 2.01. The van der Waals surface area contributed by atoms with Gasteiger partial charge >= 0.3 is 0 Å². The Hall–Kier alpha value is -1.42. The number of hydrogen-bond acceptors (Lipinski definition) is 4. The Labute approximate surface area is 95.9 Å². The molecule has 0 spiro atoms. The third kappa shape index (κ3) is 2.07. The van der Waals surface area contributed by atoms with Crippen LogP contribution in [0, 0.1) is 0 Å². The first-order chi connectivity index (χ1) is 7.72. The topological polar surface area (TPSA) is 47.7 Å². The van der Waals surface area contributed by atoms with Crippen molar-refractivity contribution in [1.29, 1.82) is 0 Å². The summed E-state index contributed by atoms with van der Waals surface area (Å²) in [6.45, 7) is 1.62. The van der Waals surface area contributed by atoms with E-state index in [-0.39, 0.29) is 0 Å². The van der Waals surface area contributed by atoms with Crippen LogP contribution in [0.25, 0.3) is 0 Å². The lowest BCUT2D eigenvalue weighted by atomic mass is 10.2. The minimum atomic E-state index is 0.427. The largest absolute Gasteiger partial charge is 0.497 e. The van der Waals surface area contributed by atoms with Gasteiger partial charge in [-0.15, -0.1) is 0 Å². The summed E-state index contributed by atoms with van der Waals surface area (Å²) in [6, 6.07) is 6.20. The number of hydrogen-bond donors (Lipinski definition) is 1. The highest BCUT2D eigenvalue weighted by atomic mass is 16.5. The van der Waals surface area contributed by atoms with Crippen molar-refractivity contribution in [3.8, 4) is 5.75 Å². The fourth-order valence-corrected chi connectivity index (χ4v) is 2.01. The van der Waals surface area contributed by atoms with E-state index in [1.807, 2.05) is 18.2 Å². The van der Waals surface area contributed by atoms with Gasteiger partial charge in [-0.3, -0.25) is 0 Å². The molecular weight excluding hydrogens is 204 g/mol. The number of methoxy groups -OCH3 is 1. The van der Waals surface area contributed by atoms with Gasteiger partial charge in [0.1, 0.15) is 5.75 Å². The summed E-state index contributed by atoms with van der Waals surface area (Å²) in [5.41, 5.74) is 7.79. The van der Waals surface area contributed by atoms with Crippen LogP contribution in [-0.4, -0.2) is 33.4 Å². The number of nitrogens with two attached hydrogens (primary N) is 1. The van der Waals surface area contributed by atoms with Gasteiger partial charge in [-0.25, -0.2) is 0 Å². The van der Waals surface area contributed by atoms with Crippen LogP contribution in [0.5, 0.6) is 5.75 Å². The molecular formula is C12H18N2O2. The van der Waals surface area contributed by atoms with E-state index in [2.05, 4.69) is 11.9 Å². The molecule has 1 heterocycles. The van der Waals surface area contributed by atoms with Crippen molar-refractivity contribution in [3.05, 3.63) is 18.2 Å². The minimum absolute atomic E-state index is 0.427. The van der Waals surface area contributed by atoms with Crippen LogP contribution in [0.15, 0.2) is 18.2 Å². The van der Waals surface area contributed by atoms with E-state index in [4.69, 9.17) is 15.2 Å². The number of anilines is 2. The normalized spacial score (nSPS) is 19.8. The monoisotopic (exact) mass is 222 g/mol. The molecule has 1 fully saturated rings. The van der Waals surface area contributed by atoms with Crippen LogP contribution >= 0.6 is 0 Å². The molecule has 4 heteroatoms. The molecule has 88 valence electrons. The number of ether oxygens (including phenoxy) is 2. The zero-order chi connectivity index (χ0) is 11.5. The quantitative estimate of drug-likeness (QED) is 0.787. The summed E-state index contributed by atoms with van der Waals surface area (Å²) in [5, 5.41) is 0. The molecule has 0 saturated carbocycles. The molecule has 0 aromatic heterocycles. The van der Waals surface area contributed by atoms with E-state index in [0.29, 0.717) is 6.04 Å². The second kappa shape index (κ2) is 4.61. The first kappa shape index (κ1) is 11.1. The standard InChI is InChI=1S/C12H18N2O2/c1-14(9-5-6-16-8-9)12-4-3-10(15-2)7-11(12)13/h3-4,7,9H,5-6,8,13H2,1-2H3. The number of nitrogen functional groups attached to an aromatic ring is 1. The Morgan fingerprint density at radius 2 is 2.31 bits per heavy atom. The van der Waals surface area contributed by atoms with Gasteiger partial charge in [-0.05, 0) is 18.6 Å². The lowest BCUT2D eigenvalue weighted by molar-refractivity contribution is 0.193. The Morgan fingerprint density at radius 1 is 1.50 bits per heavy atom. The average Bonchev–Trinajstić information content (AvgIpc) is 2.81. The molecule has 1 aliphatic rings. The highest BCUT2D eigenvalue weighted by Crippen LogP contribution is 2.29. The highest BCUT2D eigenvalue weighted by molar-refractivity contribution is 5.69. The van der Waals surface area contributed by atoms with Crippen molar-refractivity contribution in [1.82, 2.24) is 0 Å². The molecule has 1 aromatic carbocycles. The molecule has 2 rings (SSSR count). The van der Waals surface area contributed by atoms with Gasteiger partial charge in [0.05, 0.1) is 31.1 Å². The maximum absolute atomic E-state index is 6.00. The number of likely N-dealkylation sites (N-methyl/N-ethyl adjacent to an activating group) is 1. The van der Waals surface area contributed by atoms with Crippen LogP contribution in [-0.2, 0) is 4.74 Å². The van der Waals surface area contributed by atoms with E-state index < -0.39 is 0 Å². The number of rotatable bonds is 3. The lowest BCUT2D eigenvalue weighted by Crippen LogP contribution is -2.32. The van der Waals surface area contributed by atoms with E-state index >= 15 is 0 Å². The SMILES string of the molecule is COc1ccc(N(C)C2CCOC2)c(N)c1. The van der Waals surface area contributed by atoms with Gasteiger partial charge < -0.3 is 20.1 Å². The van der Waals surface area contributed by atoms with Gasteiger partial charge in [0.2, 0.25) is 0 Å². The van der Waals surface area contributed by atoms with Gasteiger partial charge in [0.25, 0.3) is 0 Å². The van der Waals surface area contributed by atoms with Gasteiger partial charge in [-0.2, -0.15) is 0 Å². The average molecular weight is 222 g/mol. The summed E-state index contributed by atoms with van der Waals surface area (Å²) < 4.78 is 10.5. The second-order valence-electron chi connectivity index (χ2n) is 4.05. The van der Waals surface area contributed by atoms with E-state index in [9.17, 15) is 0 Å². The third-order valence-corrected chi connectivity index (χ3v) is 3.07. The Morgan fingerprint density at radius 3 is 2.88 bits per heavy atom. The summed E-state index contributed by atoms with van der Waals surface area (Å²) in [6.07, 6.45) is 1.06. The molecule has 1 unspecified atom stereocenters. The molecule has 0 radical (unpaired) electrons. The Balaban J connectivity index is 2.19. The molecule has 1 saturated heterocycles. The summed E-state index contributed by atoms with van der Waals surface area (Å²) in [4.78, 5) is 2.18. The fraction of sp³-hybridized carbons (Fsp3) is 0.500. The zero-order valence-corrected chi connectivity index (χ0v) is 9.77. The predicted molar refractivity (Wildman–Crippen MR) is 65.0 cm³/mol. The van der Waals surface area contributed by atoms with Crippen LogP contribution in [0.4, 0.5) is 11.4 Å². The molecule has 1 aliphatic heterocycles. The van der Waals surface area contributed by atoms with Crippen molar-refractivity contribution in [3.63, 3.8) is 0 Å². The lowest BCUT2D eigenvalue weighted by Gasteiger charge is -2.26. The summed E-state index contributed by atoms with van der Waals surface area (Å²) >= 11 is 0. The highest BCUT2D eigenvalue weighted by Gasteiger charge is 2.21. The molecule has 0 amide bonds. The molecule has 4 nitrogen and oxygen atoms in total. The molecule has 1 aromatic rings. The maximum Gasteiger partial charge on any atom is 0.121 e. The number of benzene rings is 1. The minimum Gasteiger partial charge on any atom is -0.497 e. The van der Waals surface area contributed by atoms with Crippen LogP contribution < -0.4 is 15.4 Å². The van der Waals surface area contributed by atoms with Crippen molar-refractivity contribution < 1.29 is 9.47 Å². The number of nitrogens with zero attached hydrogens (tertiary/aromatic N) is 1. The van der Waals surface area contributed by atoms with Crippen LogP contribution in [0.3, 0.4) is 0 Å². The summed E-state index contributed by atoms with van der Waals surface area (Å²) in [7, 11) is 3.69. The molecule has 0 aliphatic carbocycles. The van der Waals surface area contributed by atoms with Crippen molar-refractivity contribution in [2.75, 3.05) is 38.0 Å². The van der Waals surface area contributed by atoms with Gasteiger partial charge in [0.15, 0.2) is 0 Å². The molecule has 16 heavy (non-hydrogen) atoms. The first-order valence-electron chi connectivity index (χ1n) is 5.46. The van der Waals surface area contributed by atoms with Crippen molar-refractivity contribution in [2.45, 2.75) is 12.5 Å². The maximum atomic E-state index is 6.00. The predicted octanol–water partition coefficient (Wildman–Crippen LogP) is 1.50. The van der Waals surface area contributed by atoms with E-state index in [1.54, 1.807) is 7.11 Å². The first-order valence-corrected chi connectivity index (χ1v) is 5.46. The van der Waals surface area contributed by atoms with Crippen molar-refractivity contribution in [2.24, 2.45) is 0 Å². The van der Waals surface area contributed by atoms with Gasteiger partial charge in [-0.1, -0.05) is 0 Å². The Bertz CT molecular complexity index is 362. The molecule has 1 atom stereocenters. The smallest absolute Gasteiger partial charge is 0.121 e. The third-order valence-electron chi connectivity index (χ3n) is 3.07. The van der Waals surface area contributed by atoms with E-state index in [1.165, 1.54) is 0 Å². The molecule has 0 bridgehead atoms. The second-order valence-corrected chi connectivity index (χ2v) is 4.05. The van der Waals surface area contributed by atoms with Crippen LogP contribution in [0.1, 0.15) is 6.42 Å². The molecule has 2 N–H and O–H groups in total. The zero-order valence-electron chi connectivity index (χ0n) is 9.77. The summed E-state index contributed by atoms with van der Waals surface area (Å²) in [5.74, 6) is 0.789. The Kier molecular flexibility index (Phi) is 3.19. The van der Waals surface area contributed by atoms with Crippen molar-refractivity contribution >= 4 is 11.4 Å². The van der Waals surface area contributed by atoms with E-state index in [0.717, 1.165) is 36.8 Å². The van der Waals surface area contributed by atoms with Crippen LogP contribution in [0.2, 0.25) is 0 Å². The van der Waals surface area contributed by atoms with Gasteiger partial charge in [0, 0.05) is 19.7 Å².